The van der Waals surface area contributed by atoms with Crippen molar-refractivity contribution in [3.8, 4) is 0 Å². The van der Waals surface area contributed by atoms with Gasteiger partial charge < -0.3 is 13.9 Å². The Balaban J connectivity index is 2.19. The summed E-state index contributed by atoms with van der Waals surface area (Å²) in [4.78, 5) is 8.82. The molecule has 0 spiro atoms. The van der Waals surface area contributed by atoms with Crippen LogP contribution in [0, 0.1) is 0 Å². The van der Waals surface area contributed by atoms with Crippen LogP contribution in [0.25, 0.3) is 0 Å². The molecule has 0 radical (unpaired) electrons. The van der Waals surface area contributed by atoms with Crippen molar-refractivity contribution in [3.63, 3.8) is 0 Å². The monoisotopic (exact) mass is 262 g/mol. The van der Waals surface area contributed by atoms with Crippen molar-refractivity contribution in [1.29, 1.82) is 0 Å². The highest BCUT2D eigenvalue weighted by Gasteiger charge is 2.14. The average molecular weight is 262 g/mol. The summed E-state index contributed by atoms with van der Waals surface area (Å²) >= 11 is 0. The maximum absolute atomic E-state index is 5.61. The highest BCUT2D eigenvalue weighted by molar-refractivity contribution is 5.02. The minimum atomic E-state index is 0.00228. The summed E-state index contributed by atoms with van der Waals surface area (Å²) in [6, 6.07) is 0.411. The zero-order valence-corrected chi connectivity index (χ0v) is 12.1. The summed E-state index contributed by atoms with van der Waals surface area (Å²) in [7, 11) is 0. The lowest BCUT2D eigenvalue weighted by molar-refractivity contribution is 0.0676. The summed E-state index contributed by atoms with van der Waals surface area (Å²) in [6.07, 6.45) is 7.65. The van der Waals surface area contributed by atoms with Gasteiger partial charge in [0.05, 0.1) is 6.54 Å². The van der Waals surface area contributed by atoms with Crippen molar-refractivity contribution in [3.05, 3.63) is 36.4 Å². The Bertz CT molecular complexity index is 515. The van der Waals surface area contributed by atoms with Gasteiger partial charge >= 0.3 is 0 Å². The second-order valence-electron chi connectivity index (χ2n) is 4.86. The Kier molecular flexibility index (Phi) is 4.37. The molecular weight excluding hydrogens is 240 g/mol. The van der Waals surface area contributed by atoms with Gasteiger partial charge in [-0.2, -0.15) is 0 Å². The fourth-order valence-electron chi connectivity index (χ4n) is 2.23. The van der Waals surface area contributed by atoms with Crippen molar-refractivity contribution >= 4 is 0 Å². The maximum atomic E-state index is 5.61. The first-order valence-corrected chi connectivity index (χ1v) is 6.77. The van der Waals surface area contributed by atoms with Gasteiger partial charge in [-0.05, 0) is 27.7 Å². The van der Waals surface area contributed by atoms with Gasteiger partial charge in [0, 0.05) is 37.4 Å². The quantitative estimate of drug-likeness (QED) is 0.804. The number of imidazole rings is 2. The first-order valence-electron chi connectivity index (χ1n) is 6.77. The van der Waals surface area contributed by atoms with Gasteiger partial charge in [0.15, 0.2) is 0 Å². The van der Waals surface area contributed by atoms with Gasteiger partial charge in [0.1, 0.15) is 17.8 Å². The molecule has 5 nitrogen and oxygen atoms in total. The topological polar surface area (TPSA) is 44.9 Å². The summed E-state index contributed by atoms with van der Waals surface area (Å²) in [6.45, 7) is 9.74. The third kappa shape index (κ3) is 3.04. The lowest BCUT2D eigenvalue weighted by Crippen LogP contribution is -2.14. The highest BCUT2D eigenvalue weighted by atomic mass is 16.5. The number of hydrogen-bond donors (Lipinski definition) is 0. The van der Waals surface area contributed by atoms with Gasteiger partial charge in [-0.1, -0.05) is 0 Å². The predicted octanol–water partition coefficient (Wildman–Crippen LogP) is 2.81. The Morgan fingerprint density at radius 3 is 2.58 bits per heavy atom. The number of nitrogens with zero attached hydrogens (tertiary/aromatic N) is 4. The van der Waals surface area contributed by atoms with Crippen molar-refractivity contribution < 1.29 is 4.74 Å². The molecule has 0 bridgehead atoms. The van der Waals surface area contributed by atoms with Crippen LogP contribution in [-0.2, 0) is 11.3 Å². The molecule has 19 heavy (non-hydrogen) atoms. The third-order valence-electron chi connectivity index (χ3n) is 3.14. The van der Waals surface area contributed by atoms with E-state index in [9.17, 15) is 0 Å². The van der Waals surface area contributed by atoms with Gasteiger partial charge in [-0.3, -0.25) is 0 Å². The van der Waals surface area contributed by atoms with Crippen LogP contribution >= 0.6 is 0 Å². The van der Waals surface area contributed by atoms with Crippen LogP contribution in [0.1, 0.15) is 51.5 Å². The molecule has 2 rings (SSSR count). The molecule has 0 saturated heterocycles. The summed E-state index contributed by atoms with van der Waals surface area (Å²) in [5.74, 6) is 1.98. The predicted molar refractivity (Wildman–Crippen MR) is 74.0 cm³/mol. The van der Waals surface area contributed by atoms with Crippen LogP contribution < -0.4 is 0 Å². The first kappa shape index (κ1) is 13.8. The van der Waals surface area contributed by atoms with E-state index in [0.717, 1.165) is 18.2 Å². The molecule has 0 saturated carbocycles. The van der Waals surface area contributed by atoms with Crippen LogP contribution in [0.15, 0.2) is 24.8 Å². The number of ether oxygens (including phenoxy) is 1. The molecule has 2 heterocycles. The average Bonchev–Trinajstić information content (AvgIpc) is 2.98. The number of aromatic nitrogens is 4. The largest absolute Gasteiger partial charge is 0.371 e. The zero-order chi connectivity index (χ0) is 13.8. The van der Waals surface area contributed by atoms with E-state index in [1.54, 1.807) is 0 Å². The van der Waals surface area contributed by atoms with Gasteiger partial charge in [0.2, 0.25) is 0 Å². The molecule has 0 aromatic carbocycles. The second kappa shape index (κ2) is 6.02. The highest BCUT2D eigenvalue weighted by Crippen LogP contribution is 2.16. The molecule has 104 valence electrons. The van der Waals surface area contributed by atoms with E-state index in [1.807, 2.05) is 38.6 Å². The maximum Gasteiger partial charge on any atom is 0.138 e. The van der Waals surface area contributed by atoms with Crippen LogP contribution in [0.2, 0.25) is 0 Å². The molecule has 2 aromatic rings. The molecule has 1 atom stereocenters. The molecular formula is C14H22N4O. The van der Waals surface area contributed by atoms with Crippen molar-refractivity contribution in [2.24, 2.45) is 0 Å². The van der Waals surface area contributed by atoms with Gasteiger partial charge in [-0.25, -0.2) is 9.97 Å². The standard InChI is InChI=1S/C14H22N4O/c1-5-19-12(4)14-16-6-8-17(14)10-13-15-7-9-18(13)11(2)3/h6-9,11-12H,5,10H2,1-4H3/t12-/m1/s1. The van der Waals surface area contributed by atoms with Crippen LogP contribution in [0.5, 0.6) is 0 Å². The van der Waals surface area contributed by atoms with Crippen molar-refractivity contribution in [1.82, 2.24) is 19.1 Å². The van der Waals surface area contributed by atoms with E-state index < -0.39 is 0 Å². The summed E-state index contributed by atoms with van der Waals surface area (Å²) in [5.41, 5.74) is 0. The Hall–Kier alpha value is -1.62. The Morgan fingerprint density at radius 1 is 1.16 bits per heavy atom. The fourth-order valence-corrected chi connectivity index (χ4v) is 2.23. The first-order chi connectivity index (χ1) is 9.13. The van der Waals surface area contributed by atoms with Crippen LogP contribution in [0.4, 0.5) is 0 Å². The molecule has 0 N–H and O–H groups in total. The molecule has 5 heteroatoms. The van der Waals surface area contributed by atoms with E-state index in [-0.39, 0.29) is 6.10 Å². The molecule has 0 aliphatic carbocycles. The zero-order valence-electron chi connectivity index (χ0n) is 12.1. The Morgan fingerprint density at radius 2 is 1.89 bits per heavy atom. The molecule has 0 fully saturated rings. The van der Waals surface area contributed by atoms with Crippen LogP contribution in [-0.4, -0.2) is 25.7 Å². The molecule has 0 aliphatic rings. The molecule has 0 unspecified atom stereocenters. The SMILES string of the molecule is CCO[C@H](C)c1nccn1Cc1nccn1C(C)C. The third-order valence-corrected chi connectivity index (χ3v) is 3.14. The minimum absolute atomic E-state index is 0.00228. The molecule has 2 aromatic heterocycles. The van der Waals surface area contributed by atoms with E-state index in [2.05, 4.69) is 32.9 Å². The molecule has 0 aliphatic heterocycles. The van der Waals surface area contributed by atoms with E-state index in [1.165, 1.54) is 0 Å². The number of rotatable bonds is 6. The lowest BCUT2D eigenvalue weighted by Gasteiger charge is -2.16. The van der Waals surface area contributed by atoms with E-state index in [0.29, 0.717) is 12.6 Å². The second-order valence-corrected chi connectivity index (χ2v) is 4.86. The normalized spacial score (nSPS) is 13.1. The van der Waals surface area contributed by atoms with Crippen LogP contribution in [0.3, 0.4) is 0 Å². The molecule has 0 amide bonds. The van der Waals surface area contributed by atoms with Crippen molar-refractivity contribution in [2.45, 2.75) is 46.4 Å². The number of hydrogen-bond acceptors (Lipinski definition) is 3. The van der Waals surface area contributed by atoms with Gasteiger partial charge in [0.25, 0.3) is 0 Å². The Labute approximate surface area is 114 Å². The van der Waals surface area contributed by atoms with E-state index in [4.69, 9.17) is 4.74 Å². The van der Waals surface area contributed by atoms with Crippen molar-refractivity contribution in [2.75, 3.05) is 6.61 Å². The fraction of sp³-hybridized carbons (Fsp3) is 0.571. The summed E-state index contributed by atoms with van der Waals surface area (Å²) < 4.78 is 9.89. The van der Waals surface area contributed by atoms with Gasteiger partial charge in [-0.15, -0.1) is 0 Å². The summed E-state index contributed by atoms with van der Waals surface area (Å²) in [5, 5.41) is 0. The van der Waals surface area contributed by atoms with E-state index >= 15 is 0 Å². The minimum Gasteiger partial charge on any atom is -0.371 e. The smallest absolute Gasteiger partial charge is 0.138 e. The lowest BCUT2D eigenvalue weighted by atomic mass is 10.3.